The van der Waals surface area contributed by atoms with E-state index in [-0.39, 0.29) is 45.1 Å². The molecule has 0 aliphatic rings. The van der Waals surface area contributed by atoms with Crippen molar-refractivity contribution in [2.24, 2.45) is 0 Å². The van der Waals surface area contributed by atoms with Crippen molar-refractivity contribution in [3.63, 3.8) is 0 Å². The molecule has 0 unspecified atom stereocenters. The Balaban J connectivity index is 0.992. The van der Waals surface area contributed by atoms with Crippen LogP contribution >= 0.6 is 0 Å². The number of halogens is 12. The largest absolute Gasteiger partial charge is 0.417 e. The highest BCUT2D eigenvalue weighted by Crippen LogP contribution is 2.50. The number of alkyl halides is 12. The lowest BCUT2D eigenvalue weighted by atomic mass is 9.91. The van der Waals surface area contributed by atoms with E-state index in [9.17, 15) is 26.3 Å². The number of para-hydroxylation sites is 4. The Bertz CT molecular complexity index is 5750. The number of hydrogen-bond acceptors (Lipinski definition) is 2. The van der Waals surface area contributed by atoms with Gasteiger partial charge in [-0.3, -0.25) is 0 Å². The van der Waals surface area contributed by atoms with Gasteiger partial charge in [-0.15, -0.1) is 0 Å². The van der Waals surface area contributed by atoms with Crippen molar-refractivity contribution in [2.75, 3.05) is 0 Å². The van der Waals surface area contributed by atoms with Crippen molar-refractivity contribution in [3.8, 4) is 95.5 Å². The molecule has 13 aromatic carbocycles. The smallest absolute Gasteiger partial charge is 0.309 e. The van der Waals surface area contributed by atoms with Crippen LogP contribution in [0.15, 0.2) is 297 Å². The van der Waals surface area contributed by atoms with Gasteiger partial charge in [-0.2, -0.15) is 52.7 Å². The number of fused-ring (bicyclic) bond motifs is 9. The molecule has 17 heteroatoms. The van der Waals surface area contributed by atoms with E-state index in [1.807, 2.05) is 205 Å². The SMILES string of the molecule is FC(F)(F)c1ccc(-c2ccc3c(c2)c2cc(-c4ccc(C(F)(F)F)cc4C(F)(F)F)ccc2n3-c2c(-c3ccc(-n4c5ccccc5c5ccccc54)cc3)cc(-c3cc(-c4ccccc4)nc(-c4ccccc4)n3)cc2-c2ccc(-n3c4ccccc4c4ccccc43)cc2)c(C(F)(F)F)c1. The third kappa shape index (κ3) is 11.2. The van der Waals surface area contributed by atoms with Crippen LogP contribution in [0.25, 0.3) is 161 Å². The van der Waals surface area contributed by atoms with Gasteiger partial charge in [0.15, 0.2) is 5.82 Å². The molecule has 0 fully saturated rings. The summed E-state index contributed by atoms with van der Waals surface area (Å²) in [4.78, 5) is 10.4. The molecule has 0 radical (unpaired) electrons. The zero-order valence-corrected chi connectivity index (χ0v) is 53.6. The maximum absolute atomic E-state index is 15.3. The fraction of sp³-hybridized carbons (Fsp3) is 0.0465. The average Bonchev–Trinajstić information content (AvgIpc) is 1.61. The van der Waals surface area contributed by atoms with E-state index in [1.54, 1.807) is 0 Å². The molecular weight excluding hydrogens is 1330 g/mol. The van der Waals surface area contributed by atoms with Gasteiger partial charge in [-0.05, 0) is 149 Å². The number of hydrogen-bond donors (Lipinski definition) is 0. The lowest BCUT2D eigenvalue weighted by molar-refractivity contribution is -0.144. The highest BCUT2D eigenvalue weighted by molar-refractivity contribution is 6.14. The second kappa shape index (κ2) is 24.1. The van der Waals surface area contributed by atoms with E-state index in [0.717, 1.165) is 78.2 Å². The highest BCUT2D eigenvalue weighted by Gasteiger charge is 2.41. The molecule has 502 valence electrons. The predicted molar refractivity (Wildman–Crippen MR) is 383 cm³/mol. The zero-order valence-electron chi connectivity index (χ0n) is 53.6. The standard InChI is InChI=1S/C86H49F12N5/c87-83(88,89)57-33-39-61(71(47-57)85(93,94)95)54-31-41-79-69(43-54)70-44-55(62-40-34-58(84(90,91)92)48-72(62)86(96,97)98)32-42-80(70)103(79)81-67(50-27-35-59(36-28-50)101-75-23-11-7-19-63(75)64-20-8-12-24-76(64)101)45-56(74-49-73(52-15-3-1-4-16-52)99-82(100-74)53-17-5-2-6-18-53)46-68(81)51-29-37-60(38-30-51)102-77-25-13-9-21-65(77)66-22-10-14-26-78(66)102/h1-49H. The summed E-state index contributed by atoms with van der Waals surface area (Å²) in [6, 6.07) is 84.0. The van der Waals surface area contributed by atoms with Crippen LogP contribution < -0.4 is 0 Å². The third-order valence-corrected chi connectivity index (χ3v) is 19.2. The van der Waals surface area contributed by atoms with E-state index in [4.69, 9.17) is 9.97 Å². The molecule has 5 nitrogen and oxygen atoms in total. The van der Waals surface area contributed by atoms with Gasteiger partial charge in [0.05, 0.1) is 72.4 Å². The molecule has 0 N–H and O–H groups in total. The predicted octanol–water partition coefficient (Wildman–Crippen LogP) is 25.5. The fourth-order valence-corrected chi connectivity index (χ4v) is 14.5. The molecule has 0 atom stereocenters. The maximum atomic E-state index is 15.3. The van der Waals surface area contributed by atoms with Crippen molar-refractivity contribution >= 4 is 65.4 Å². The van der Waals surface area contributed by atoms with E-state index >= 15 is 26.3 Å². The molecule has 0 saturated heterocycles. The zero-order chi connectivity index (χ0) is 70.8. The molecule has 4 aromatic heterocycles. The third-order valence-electron chi connectivity index (χ3n) is 19.2. The Morgan fingerprint density at radius 2 is 0.563 bits per heavy atom. The van der Waals surface area contributed by atoms with Crippen LogP contribution in [0.2, 0.25) is 0 Å². The molecule has 0 spiro atoms. The van der Waals surface area contributed by atoms with Crippen LogP contribution in [0.3, 0.4) is 0 Å². The Morgan fingerprint density at radius 1 is 0.223 bits per heavy atom. The summed E-state index contributed by atoms with van der Waals surface area (Å²) in [5, 5.41) is 4.36. The summed E-state index contributed by atoms with van der Waals surface area (Å²) in [5.41, 5.74) is 3.98. The minimum atomic E-state index is -5.32. The Kier molecular flexibility index (Phi) is 15.0. The van der Waals surface area contributed by atoms with Crippen LogP contribution in [0.1, 0.15) is 22.3 Å². The quantitative estimate of drug-likeness (QED) is 0.128. The van der Waals surface area contributed by atoms with Crippen molar-refractivity contribution in [3.05, 3.63) is 320 Å². The lowest BCUT2D eigenvalue weighted by Gasteiger charge is -2.22. The molecule has 0 aliphatic heterocycles. The number of rotatable bonds is 10. The Labute approximate surface area is 578 Å². The van der Waals surface area contributed by atoms with Gasteiger partial charge in [-0.25, -0.2) is 9.97 Å². The number of benzene rings is 13. The summed E-state index contributed by atoms with van der Waals surface area (Å²) in [7, 11) is 0. The first-order valence-electron chi connectivity index (χ1n) is 32.6. The Morgan fingerprint density at radius 3 is 0.942 bits per heavy atom. The summed E-state index contributed by atoms with van der Waals surface area (Å²) >= 11 is 0. The molecule has 4 heterocycles. The molecular formula is C86H49F12N5. The summed E-state index contributed by atoms with van der Waals surface area (Å²) in [6.45, 7) is 0. The van der Waals surface area contributed by atoms with Gasteiger partial charge in [0.2, 0.25) is 0 Å². The maximum Gasteiger partial charge on any atom is 0.417 e. The first-order valence-corrected chi connectivity index (χ1v) is 32.6. The van der Waals surface area contributed by atoms with Crippen molar-refractivity contribution in [1.29, 1.82) is 0 Å². The monoisotopic (exact) mass is 1380 g/mol. The second-order valence-corrected chi connectivity index (χ2v) is 25.3. The minimum absolute atomic E-state index is 0.0343. The Hall–Kier alpha value is -12.5. The van der Waals surface area contributed by atoms with Crippen LogP contribution in [-0.4, -0.2) is 23.7 Å². The van der Waals surface area contributed by atoms with Crippen LogP contribution in [0, 0.1) is 0 Å². The van der Waals surface area contributed by atoms with Crippen molar-refractivity contribution < 1.29 is 52.7 Å². The first kappa shape index (κ1) is 63.9. The van der Waals surface area contributed by atoms with E-state index < -0.39 is 58.1 Å². The van der Waals surface area contributed by atoms with E-state index in [0.29, 0.717) is 62.8 Å². The average molecular weight is 1380 g/mol. The lowest BCUT2D eigenvalue weighted by Crippen LogP contribution is -2.12. The molecule has 17 aromatic rings. The second-order valence-electron chi connectivity index (χ2n) is 25.3. The van der Waals surface area contributed by atoms with Crippen molar-refractivity contribution in [1.82, 2.24) is 23.7 Å². The van der Waals surface area contributed by atoms with Gasteiger partial charge < -0.3 is 13.7 Å². The molecule has 103 heavy (non-hydrogen) atoms. The van der Waals surface area contributed by atoms with Gasteiger partial charge >= 0.3 is 24.7 Å². The van der Waals surface area contributed by atoms with Crippen LogP contribution in [0.5, 0.6) is 0 Å². The minimum Gasteiger partial charge on any atom is -0.309 e. The summed E-state index contributed by atoms with van der Waals surface area (Å²) < 4.78 is 184. The molecule has 0 amide bonds. The normalized spacial score (nSPS) is 12.5. The van der Waals surface area contributed by atoms with E-state index in [2.05, 4.69) is 33.4 Å². The summed E-state index contributed by atoms with van der Waals surface area (Å²) in [6.07, 6.45) is -21.0. The molecule has 0 saturated carbocycles. The van der Waals surface area contributed by atoms with Gasteiger partial charge in [-0.1, -0.05) is 182 Å². The summed E-state index contributed by atoms with van der Waals surface area (Å²) in [5.74, 6) is 0.410. The van der Waals surface area contributed by atoms with Gasteiger partial charge in [0.1, 0.15) is 0 Å². The molecule has 0 aliphatic carbocycles. The number of nitrogens with zero attached hydrogens (tertiary/aromatic N) is 5. The fourth-order valence-electron chi connectivity index (χ4n) is 14.5. The molecule has 17 rings (SSSR count). The van der Waals surface area contributed by atoms with Gasteiger partial charge in [0, 0.05) is 71.5 Å². The molecule has 0 bridgehead atoms. The number of aromatic nitrogens is 5. The van der Waals surface area contributed by atoms with E-state index in [1.165, 1.54) is 36.4 Å². The van der Waals surface area contributed by atoms with Crippen LogP contribution in [-0.2, 0) is 24.7 Å². The van der Waals surface area contributed by atoms with Gasteiger partial charge in [0.25, 0.3) is 0 Å². The van der Waals surface area contributed by atoms with Crippen molar-refractivity contribution in [2.45, 2.75) is 24.7 Å². The topological polar surface area (TPSA) is 40.6 Å². The highest BCUT2D eigenvalue weighted by atomic mass is 19.4. The van der Waals surface area contributed by atoms with Crippen LogP contribution in [0.4, 0.5) is 52.7 Å². The first-order chi connectivity index (χ1) is 49.6.